The topological polar surface area (TPSA) is 116 Å². The van der Waals surface area contributed by atoms with Gasteiger partial charge in [-0.3, -0.25) is 4.90 Å². The number of nitrogens with two attached hydrogens (primary N) is 1. The average Bonchev–Trinajstić information content (AvgIpc) is 3.66. The minimum atomic E-state index is -0.469. The Morgan fingerprint density at radius 3 is 2.25 bits per heavy atom. The first-order chi connectivity index (χ1) is 19.5. The molecule has 1 aliphatic rings. The van der Waals surface area contributed by atoms with E-state index in [1.54, 1.807) is 11.2 Å². The molecule has 0 radical (unpaired) electrons. The van der Waals surface area contributed by atoms with E-state index >= 15 is 0 Å². The molecule has 210 valence electrons. The number of amides is 2. The summed E-state index contributed by atoms with van der Waals surface area (Å²) in [5, 5.41) is 3.55. The quantitative estimate of drug-likeness (QED) is 0.229. The third-order valence-electron chi connectivity index (χ3n) is 7.94. The summed E-state index contributed by atoms with van der Waals surface area (Å²) >= 11 is 0. The van der Waals surface area contributed by atoms with E-state index in [2.05, 4.69) is 87.5 Å². The van der Waals surface area contributed by atoms with Gasteiger partial charge in [-0.2, -0.15) is 0 Å². The molecular weight excluding hydrogens is 500 g/mol. The Bertz CT molecular complexity index is 1330. The van der Waals surface area contributed by atoms with E-state index in [9.17, 15) is 4.79 Å². The van der Waals surface area contributed by atoms with Crippen molar-refractivity contribution < 1.29 is 4.79 Å². The van der Waals surface area contributed by atoms with Crippen LogP contribution in [0.1, 0.15) is 62.4 Å². The molecule has 0 unspecified atom stereocenters. The Labute approximate surface area is 236 Å². The van der Waals surface area contributed by atoms with Crippen LogP contribution in [-0.2, 0) is 6.54 Å². The van der Waals surface area contributed by atoms with Gasteiger partial charge >= 0.3 is 6.03 Å². The van der Waals surface area contributed by atoms with Gasteiger partial charge in [0.05, 0.1) is 12.9 Å². The van der Waals surface area contributed by atoms with Crippen molar-refractivity contribution >= 4 is 23.0 Å². The molecule has 2 aromatic heterocycles. The zero-order chi connectivity index (χ0) is 27.9. The Kier molecular flexibility index (Phi) is 8.91. The lowest BCUT2D eigenvalue weighted by atomic mass is 9.91. The lowest BCUT2D eigenvalue weighted by molar-refractivity contribution is 0.132. The summed E-state index contributed by atoms with van der Waals surface area (Å²) in [6.45, 7) is 6.60. The Morgan fingerprint density at radius 2 is 1.65 bits per heavy atom. The predicted molar refractivity (Wildman–Crippen MR) is 159 cm³/mol. The first-order valence-corrected chi connectivity index (χ1v) is 14.3. The van der Waals surface area contributed by atoms with Crippen molar-refractivity contribution in [3.63, 3.8) is 0 Å². The third-order valence-corrected chi connectivity index (χ3v) is 7.94. The number of urea groups is 1. The minimum absolute atomic E-state index is 0.124. The number of imidazole rings is 1. The number of hydrogen-bond donors (Lipinski definition) is 3. The van der Waals surface area contributed by atoms with Gasteiger partial charge in [0.15, 0.2) is 17.3 Å². The van der Waals surface area contributed by atoms with Crippen molar-refractivity contribution in [1.82, 2.24) is 29.7 Å². The van der Waals surface area contributed by atoms with E-state index in [4.69, 9.17) is 10.7 Å². The van der Waals surface area contributed by atoms with Gasteiger partial charge in [0.2, 0.25) is 0 Å². The molecule has 4 aromatic rings. The van der Waals surface area contributed by atoms with E-state index in [1.165, 1.54) is 36.8 Å². The maximum atomic E-state index is 12.5. The molecule has 9 heteroatoms. The van der Waals surface area contributed by atoms with Crippen LogP contribution in [0, 0.1) is 0 Å². The van der Waals surface area contributed by atoms with E-state index in [0.717, 1.165) is 12.1 Å². The van der Waals surface area contributed by atoms with Crippen molar-refractivity contribution in [3.05, 3.63) is 83.9 Å². The summed E-state index contributed by atoms with van der Waals surface area (Å²) < 4.78 is 0. The van der Waals surface area contributed by atoms with Gasteiger partial charge in [-0.1, -0.05) is 73.5 Å². The molecule has 9 nitrogen and oxygen atoms in total. The Balaban J connectivity index is 1.34. The summed E-state index contributed by atoms with van der Waals surface area (Å²) in [4.78, 5) is 33.7. The number of hydrogen-bond acceptors (Lipinski definition) is 6. The molecule has 0 atom stereocenters. The zero-order valence-corrected chi connectivity index (χ0v) is 23.5. The monoisotopic (exact) mass is 540 g/mol. The number of fused-ring (bicyclic) bond motifs is 1. The molecule has 0 spiro atoms. The summed E-state index contributed by atoms with van der Waals surface area (Å²) in [6.07, 6.45) is 6.60. The molecule has 5 rings (SSSR count). The molecule has 1 saturated carbocycles. The van der Waals surface area contributed by atoms with E-state index in [1.807, 2.05) is 12.1 Å². The zero-order valence-electron chi connectivity index (χ0n) is 23.5. The third kappa shape index (κ3) is 6.59. The number of H-pyrrole nitrogens is 1. The van der Waals surface area contributed by atoms with E-state index in [-0.39, 0.29) is 12.5 Å². The smallest absolute Gasteiger partial charge is 0.315 e. The van der Waals surface area contributed by atoms with Gasteiger partial charge in [-0.25, -0.2) is 19.7 Å². The second kappa shape index (κ2) is 12.9. The molecule has 2 heterocycles. The summed E-state index contributed by atoms with van der Waals surface area (Å²) in [5.41, 5.74) is 9.56. The predicted octanol–water partition coefficient (Wildman–Crippen LogP) is 5.13. The van der Waals surface area contributed by atoms with Crippen LogP contribution in [-0.4, -0.2) is 67.5 Å². The van der Waals surface area contributed by atoms with Crippen molar-refractivity contribution in [2.45, 2.75) is 64.1 Å². The highest BCUT2D eigenvalue weighted by Gasteiger charge is 2.26. The van der Waals surface area contributed by atoms with Gasteiger partial charge < -0.3 is 20.9 Å². The van der Waals surface area contributed by atoms with Gasteiger partial charge in [0.1, 0.15) is 5.52 Å². The molecule has 2 aromatic carbocycles. The summed E-state index contributed by atoms with van der Waals surface area (Å²) in [6, 6.07) is 21.4. The maximum Gasteiger partial charge on any atom is 0.315 e. The molecule has 1 fully saturated rings. The minimum Gasteiger partial charge on any atom is -0.367 e. The van der Waals surface area contributed by atoms with Crippen molar-refractivity contribution in [1.29, 1.82) is 0 Å². The fraction of sp³-hybridized carbons (Fsp3) is 0.419. The number of carbonyl (C=O) groups excluding carboxylic acids is 1. The van der Waals surface area contributed by atoms with E-state index in [0.29, 0.717) is 42.5 Å². The van der Waals surface area contributed by atoms with Crippen LogP contribution >= 0.6 is 0 Å². The van der Waals surface area contributed by atoms with Gasteiger partial charge in [-0.05, 0) is 37.8 Å². The number of anilines is 1. The number of aromatic amines is 1. The lowest BCUT2D eigenvalue weighted by Crippen LogP contribution is -2.46. The van der Waals surface area contributed by atoms with Crippen LogP contribution in [0.5, 0.6) is 0 Å². The largest absolute Gasteiger partial charge is 0.367 e. The van der Waals surface area contributed by atoms with Crippen LogP contribution in [0.15, 0.2) is 67.0 Å². The highest BCUT2D eigenvalue weighted by Crippen LogP contribution is 2.27. The Morgan fingerprint density at radius 1 is 1.00 bits per heavy atom. The number of nitrogens with one attached hydrogen (secondary N) is 2. The highest BCUT2D eigenvalue weighted by molar-refractivity contribution is 5.82. The van der Waals surface area contributed by atoms with E-state index < -0.39 is 6.03 Å². The number of rotatable bonds is 12. The Hall–Kier alpha value is -3.98. The molecule has 4 N–H and O–H groups in total. The van der Waals surface area contributed by atoms with Crippen molar-refractivity contribution in [2.75, 3.05) is 25.0 Å². The van der Waals surface area contributed by atoms with Crippen LogP contribution in [0.2, 0.25) is 0 Å². The molecule has 1 aliphatic carbocycles. The summed E-state index contributed by atoms with van der Waals surface area (Å²) in [5.74, 6) is 1.29. The second-order valence-electron chi connectivity index (χ2n) is 10.9. The standard InChI is InChI=1S/C31H40N8O/c1-22(2)39(25-15-9-10-16-25)18-17-38(31(32)40)20-27-36-29(28-30(37-27)35-21-34-28)33-19-26(23-11-5-3-6-12-23)24-13-7-4-8-14-24/h3-8,11-14,21-22,25-26H,9-10,15-20H2,1-2H3,(H2,32,40)(H2,33,34,35,36,37). The SMILES string of the molecule is CC(C)N(CCN(Cc1nc(NCC(c2ccccc2)c2ccccc2)c2[nH]cnc2n1)C(N)=O)C1CCCC1. The summed E-state index contributed by atoms with van der Waals surface area (Å²) in [7, 11) is 0. The fourth-order valence-corrected chi connectivity index (χ4v) is 5.85. The van der Waals surface area contributed by atoms with Crippen LogP contribution in [0.25, 0.3) is 11.2 Å². The average molecular weight is 541 g/mol. The maximum absolute atomic E-state index is 12.5. The molecule has 2 amide bonds. The second-order valence-corrected chi connectivity index (χ2v) is 10.9. The van der Waals surface area contributed by atoms with Crippen LogP contribution in [0.4, 0.5) is 10.6 Å². The van der Waals surface area contributed by atoms with Crippen LogP contribution in [0.3, 0.4) is 0 Å². The molecule has 40 heavy (non-hydrogen) atoms. The van der Waals surface area contributed by atoms with Gasteiger partial charge in [0.25, 0.3) is 0 Å². The van der Waals surface area contributed by atoms with Crippen molar-refractivity contribution in [2.24, 2.45) is 5.73 Å². The molecular formula is C31H40N8O. The molecule has 0 saturated heterocycles. The lowest BCUT2D eigenvalue weighted by Gasteiger charge is -2.34. The fourth-order valence-electron chi connectivity index (χ4n) is 5.85. The normalized spacial score (nSPS) is 14.0. The number of carbonyl (C=O) groups is 1. The number of benzene rings is 2. The van der Waals surface area contributed by atoms with Gasteiger partial charge in [0, 0.05) is 37.6 Å². The number of primary amides is 1. The molecule has 0 aliphatic heterocycles. The van der Waals surface area contributed by atoms with Gasteiger partial charge in [-0.15, -0.1) is 0 Å². The number of nitrogens with zero attached hydrogens (tertiary/aromatic N) is 5. The first-order valence-electron chi connectivity index (χ1n) is 14.3. The number of aromatic nitrogens is 4. The van der Waals surface area contributed by atoms with Crippen molar-refractivity contribution in [3.8, 4) is 0 Å². The van der Waals surface area contributed by atoms with Crippen LogP contribution < -0.4 is 11.1 Å². The highest BCUT2D eigenvalue weighted by atomic mass is 16.2. The molecule has 0 bridgehead atoms. The first kappa shape index (κ1) is 27.6.